The molecule has 1 N–H and O–H groups in total. The maximum Gasteiger partial charge on any atom is 0.340 e. The summed E-state index contributed by atoms with van der Waals surface area (Å²) < 4.78 is 39.6. The number of thioether (sulfide) groups is 1. The number of methoxy groups -OCH3 is 2. The molecule has 8 heteroatoms. The summed E-state index contributed by atoms with van der Waals surface area (Å²) in [6, 6.07) is 15.1. The molecule has 0 bridgehead atoms. The molecule has 3 rings (SSSR count). The van der Waals surface area contributed by atoms with Gasteiger partial charge in [0.15, 0.2) is 11.6 Å². The third-order valence-electron chi connectivity index (χ3n) is 4.27. The SMILES string of the molecule is COC(=O)c1cc(SCc2ccc(OC)cc2)c(F)c(F)c1Nc1ccccc1Cl. The van der Waals surface area contributed by atoms with Crippen molar-refractivity contribution in [3.8, 4) is 5.75 Å². The van der Waals surface area contributed by atoms with Crippen LogP contribution in [-0.4, -0.2) is 20.2 Å². The summed E-state index contributed by atoms with van der Waals surface area (Å²) in [7, 11) is 2.74. The first kappa shape index (κ1) is 21.9. The van der Waals surface area contributed by atoms with Gasteiger partial charge in [0.25, 0.3) is 0 Å². The van der Waals surface area contributed by atoms with Crippen LogP contribution in [0, 0.1) is 11.6 Å². The molecule has 0 saturated heterocycles. The highest BCUT2D eigenvalue weighted by molar-refractivity contribution is 7.98. The minimum absolute atomic E-state index is 0.00609. The number of carbonyl (C=O) groups excluding carboxylic acids is 1. The molecule has 0 heterocycles. The molecule has 0 aliphatic carbocycles. The number of rotatable bonds is 7. The molecular formula is C22H18ClF2NO3S. The molecule has 3 aromatic rings. The minimum atomic E-state index is -1.19. The van der Waals surface area contributed by atoms with E-state index in [2.05, 4.69) is 5.32 Å². The van der Waals surface area contributed by atoms with Crippen molar-refractivity contribution in [3.05, 3.63) is 82.4 Å². The highest BCUT2D eigenvalue weighted by Gasteiger charge is 2.24. The number of halogens is 3. The van der Waals surface area contributed by atoms with E-state index in [0.717, 1.165) is 17.3 Å². The van der Waals surface area contributed by atoms with Crippen LogP contribution in [0.25, 0.3) is 0 Å². The Morgan fingerprint density at radius 2 is 1.77 bits per heavy atom. The third kappa shape index (κ3) is 4.86. The van der Waals surface area contributed by atoms with Gasteiger partial charge in [-0.25, -0.2) is 13.6 Å². The molecule has 156 valence electrons. The zero-order valence-corrected chi connectivity index (χ0v) is 17.7. The number of hydrogen-bond donors (Lipinski definition) is 1. The smallest absolute Gasteiger partial charge is 0.340 e. The van der Waals surface area contributed by atoms with Crippen molar-refractivity contribution >= 4 is 40.7 Å². The largest absolute Gasteiger partial charge is 0.497 e. The van der Waals surface area contributed by atoms with Crippen molar-refractivity contribution in [2.45, 2.75) is 10.6 Å². The third-order valence-corrected chi connectivity index (χ3v) is 5.68. The summed E-state index contributed by atoms with van der Waals surface area (Å²) in [5.74, 6) is -1.97. The van der Waals surface area contributed by atoms with Gasteiger partial charge in [0.2, 0.25) is 0 Å². The molecule has 0 spiro atoms. The van der Waals surface area contributed by atoms with E-state index in [0.29, 0.717) is 22.2 Å². The molecule has 0 aliphatic rings. The Morgan fingerprint density at radius 1 is 1.07 bits per heavy atom. The number of nitrogens with one attached hydrogen (secondary N) is 1. The van der Waals surface area contributed by atoms with Crippen molar-refractivity contribution in [1.82, 2.24) is 0 Å². The van der Waals surface area contributed by atoms with Gasteiger partial charge in [-0.2, -0.15) is 0 Å². The number of anilines is 2. The van der Waals surface area contributed by atoms with E-state index >= 15 is 0 Å². The standard InChI is InChI=1S/C22H18ClF2NO3S/c1-28-14-9-7-13(8-10-14)12-30-18-11-15(22(27)29-2)21(20(25)19(18)24)26-17-6-4-3-5-16(17)23/h3-11,26H,12H2,1-2H3. The molecule has 0 amide bonds. The van der Waals surface area contributed by atoms with Crippen LogP contribution in [0.5, 0.6) is 5.75 Å². The predicted molar refractivity (Wildman–Crippen MR) is 115 cm³/mol. The Bertz CT molecular complexity index is 1060. The van der Waals surface area contributed by atoms with Crippen molar-refractivity contribution in [2.24, 2.45) is 0 Å². The first-order valence-corrected chi connectivity index (χ1v) is 10.2. The van der Waals surface area contributed by atoms with Gasteiger partial charge in [-0.05, 0) is 35.9 Å². The first-order chi connectivity index (χ1) is 14.4. The zero-order chi connectivity index (χ0) is 21.7. The van der Waals surface area contributed by atoms with Crippen LogP contribution in [0.1, 0.15) is 15.9 Å². The Balaban J connectivity index is 1.94. The number of ether oxygens (including phenoxy) is 2. The minimum Gasteiger partial charge on any atom is -0.497 e. The normalized spacial score (nSPS) is 10.6. The molecular weight excluding hydrogens is 432 g/mol. The van der Waals surface area contributed by atoms with Gasteiger partial charge < -0.3 is 14.8 Å². The fourth-order valence-electron chi connectivity index (χ4n) is 2.68. The Kier molecular flexibility index (Phi) is 7.18. The van der Waals surface area contributed by atoms with E-state index in [1.165, 1.54) is 13.2 Å². The second-order valence-electron chi connectivity index (χ2n) is 6.16. The lowest BCUT2D eigenvalue weighted by Crippen LogP contribution is -2.10. The van der Waals surface area contributed by atoms with Crippen molar-refractivity contribution < 1.29 is 23.0 Å². The molecule has 30 heavy (non-hydrogen) atoms. The van der Waals surface area contributed by atoms with Crippen LogP contribution >= 0.6 is 23.4 Å². The summed E-state index contributed by atoms with van der Waals surface area (Å²) in [4.78, 5) is 12.3. The number of esters is 1. The van der Waals surface area contributed by atoms with Gasteiger partial charge in [0.05, 0.1) is 36.2 Å². The zero-order valence-electron chi connectivity index (χ0n) is 16.2. The van der Waals surface area contributed by atoms with Gasteiger partial charge >= 0.3 is 5.97 Å². The highest BCUT2D eigenvalue weighted by atomic mass is 35.5. The molecule has 4 nitrogen and oxygen atoms in total. The lowest BCUT2D eigenvalue weighted by molar-refractivity contribution is 0.0601. The monoisotopic (exact) mass is 449 g/mol. The predicted octanol–water partition coefficient (Wildman–Crippen LogP) is 6.45. The summed E-state index contributed by atoms with van der Waals surface area (Å²) in [5.41, 5.74) is 0.759. The Morgan fingerprint density at radius 3 is 2.40 bits per heavy atom. The quantitative estimate of drug-likeness (QED) is 0.332. The first-order valence-electron chi connectivity index (χ1n) is 8.82. The van der Waals surface area contributed by atoms with Crippen molar-refractivity contribution in [2.75, 3.05) is 19.5 Å². The second-order valence-corrected chi connectivity index (χ2v) is 7.58. The van der Waals surface area contributed by atoms with Gasteiger partial charge in [-0.15, -0.1) is 11.8 Å². The van der Waals surface area contributed by atoms with E-state index in [-0.39, 0.29) is 16.1 Å². The second kappa shape index (κ2) is 9.82. The molecule has 0 radical (unpaired) electrons. The van der Waals surface area contributed by atoms with E-state index in [1.807, 2.05) is 12.1 Å². The van der Waals surface area contributed by atoms with Gasteiger partial charge in [0, 0.05) is 10.6 Å². The number of hydrogen-bond acceptors (Lipinski definition) is 5. The summed E-state index contributed by atoms with van der Waals surface area (Å²) in [6.45, 7) is 0. The van der Waals surface area contributed by atoms with Crippen LogP contribution in [-0.2, 0) is 10.5 Å². The van der Waals surface area contributed by atoms with Gasteiger partial charge in [0.1, 0.15) is 5.75 Å². The lowest BCUT2D eigenvalue weighted by atomic mass is 10.1. The van der Waals surface area contributed by atoms with Crippen molar-refractivity contribution in [1.29, 1.82) is 0 Å². The average Bonchev–Trinajstić information content (AvgIpc) is 2.77. The fourth-order valence-corrected chi connectivity index (χ4v) is 3.80. The van der Waals surface area contributed by atoms with Crippen LogP contribution in [0.4, 0.5) is 20.2 Å². The fraction of sp³-hybridized carbons (Fsp3) is 0.136. The summed E-state index contributed by atoms with van der Waals surface area (Å²) in [6.07, 6.45) is 0. The Labute approximate surface area is 182 Å². The summed E-state index contributed by atoms with van der Waals surface area (Å²) >= 11 is 7.17. The van der Waals surface area contributed by atoms with Crippen LogP contribution in [0.3, 0.4) is 0 Å². The van der Waals surface area contributed by atoms with E-state index in [4.69, 9.17) is 21.1 Å². The molecule has 0 aliphatic heterocycles. The van der Waals surface area contributed by atoms with Crippen molar-refractivity contribution in [3.63, 3.8) is 0 Å². The van der Waals surface area contributed by atoms with Gasteiger partial charge in [-0.3, -0.25) is 0 Å². The van der Waals surface area contributed by atoms with E-state index in [9.17, 15) is 13.6 Å². The molecule has 3 aromatic carbocycles. The van der Waals surface area contributed by atoms with E-state index in [1.54, 1.807) is 43.5 Å². The maximum atomic E-state index is 14.9. The molecule has 0 aromatic heterocycles. The maximum absolute atomic E-state index is 14.9. The average molecular weight is 450 g/mol. The highest BCUT2D eigenvalue weighted by Crippen LogP contribution is 2.36. The molecule has 0 atom stereocenters. The van der Waals surface area contributed by atoms with Gasteiger partial charge in [-0.1, -0.05) is 35.9 Å². The lowest BCUT2D eigenvalue weighted by Gasteiger charge is -2.16. The molecule has 0 fully saturated rings. The number of carbonyl (C=O) groups is 1. The number of para-hydroxylation sites is 1. The number of benzene rings is 3. The summed E-state index contributed by atoms with van der Waals surface area (Å²) in [5, 5.41) is 3.01. The van der Waals surface area contributed by atoms with E-state index < -0.39 is 17.6 Å². The van der Waals surface area contributed by atoms with Crippen LogP contribution in [0.15, 0.2) is 59.5 Å². The van der Waals surface area contributed by atoms with Crippen LogP contribution in [0.2, 0.25) is 5.02 Å². The van der Waals surface area contributed by atoms with Crippen LogP contribution < -0.4 is 10.1 Å². The molecule has 0 unspecified atom stereocenters. The topological polar surface area (TPSA) is 47.6 Å². The molecule has 0 saturated carbocycles. The Hall–Kier alpha value is -2.77.